The van der Waals surface area contributed by atoms with E-state index in [0.717, 1.165) is 160 Å². The van der Waals surface area contributed by atoms with Crippen LogP contribution < -0.4 is 0 Å². The van der Waals surface area contributed by atoms with Crippen molar-refractivity contribution in [3.63, 3.8) is 0 Å². The normalized spacial score (nSPS) is 12.1. The molecule has 0 aliphatic carbocycles. The monoisotopic (exact) mass is 1300 g/mol. The highest BCUT2D eigenvalue weighted by atomic mass is 16.3. The zero-order valence-electron chi connectivity index (χ0n) is 55.1. The number of aromatic nitrogens is 4. The fraction of sp³-hybridized carbons (Fsp3) is 0. The maximum absolute atomic E-state index is 7.08. The van der Waals surface area contributed by atoms with Gasteiger partial charge >= 0.3 is 0 Å². The van der Waals surface area contributed by atoms with Crippen molar-refractivity contribution in [3.8, 4) is 78.4 Å². The topological polar surface area (TPSA) is 46.0 Å². The SMILES string of the molecule is c1ccc(-c2ccc3c(c2)c2ccc4c5ccccc5oc4c2n3-c2ccc(-c3ccc(-n4c5ccccc5c5c(-c6cc(-c7ccccc7)cc7c6c6ccc8c9ccccc9oc8c6n7-c6ccc(-c7ccc(-n8c9ccccc9c9ccccc98)cc7)cc6)cccc54)cc3)cc2)cc1. The maximum Gasteiger partial charge on any atom is 0.160 e. The molecule has 16 aromatic carbocycles. The van der Waals surface area contributed by atoms with Gasteiger partial charge in [0.15, 0.2) is 11.2 Å². The highest BCUT2D eigenvalue weighted by Crippen LogP contribution is 2.49. The number of hydrogen-bond donors (Lipinski definition) is 0. The molecule has 6 aromatic heterocycles. The first-order valence-corrected chi connectivity index (χ1v) is 35.0. The summed E-state index contributed by atoms with van der Waals surface area (Å²) in [5.74, 6) is 0. The van der Waals surface area contributed by atoms with Gasteiger partial charge in [0.25, 0.3) is 0 Å². The van der Waals surface area contributed by atoms with Crippen molar-refractivity contribution in [1.29, 1.82) is 0 Å². The average molecular weight is 1300 g/mol. The van der Waals surface area contributed by atoms with Gasteiger partial charge in [-0.05, 0) is 177 Å². The van der Waals surface area contributed by atoms with Gasteiger partial charge in [-0.2, -0.15) is 0 Å². The average Bonchev–Trinajstić information content (AvgIpc) is 1.55. The molecule has 6 heteroatoms. The predicted octanol–water partition coefficient (Wildman–Crippen LogP) is 26.2. The van der Waals surface area contributed by atoms with Crippen LogP contribution in [0, 0.1) is 0 Å². The lowest BCUT2D eigenvalue weighted by molar-refractivity contribution is 0.670. The van der Waals surface area contributed by atoms with Crippen LogP contribution in [0.5, 0.6) is 0 Å². The molecule has 0 spiro atoms. The standard InChI is InChI=1S/C96H58N4O2/c1-3-18-59(19-4-1)65-42-55-86-81(56-65)76-51-52-77-73-24-10-15-32-89(73)101-95(77)93(76)99(86)69-47-38-63(39-48-69)62-36-45-68(46-37-62)98-85-30-14-9-26-79(85)91-75(27-17-31-87(91)98)82-57-66(60-20-5-2-6-21-60)58-88-92(82)80-54-53-78-74-25-11-16-33-90(74)102-96(78)94(80)100(88)70-49-40-64(41-50-70)61-34-43-67(44-35-61)97-83-28-12-7-22-71(83)72-23-8-13-29-84(72)97/h1-58H. The summed E-state index contributed by atoms with van der Waals surface area (Å²) in [5, 5.41) is 13.9. The molecule has 0 amide bonds. The van der Waals surface area contributed by atoms with E-state index in [2.05, 4.69) is 364 Å². The van der Waals surface area contributed by atoms with E-state index in [1.807, 2.05) is 6.07 Å². The van der Waals surface area contributed by atoms with Gasteiger partial charge < -0.3 is 27.1 Å². The Bertz CT molecular complexity index is 7130. The predicted molar refractivity (Wildman–Crippen MR) is 426 cm³/mol. The van der Waals surface area contributed by atoms with Crippen molar-refractivity contribution in [2.45, 2.75) is 0 Å². The van der Waals surface area contributed by atoms with Gasteiger partial charge in [0.1, 0.15) is 11.2 Å². The number of benzene rings is 16. The van der Waals surface area contributed by atoms with Gasteiger partial charge in [0.2, 0.25) is 0 Å². The highest BCUT2D eigenvalue weighted by Gasteiger charge is 2.27. The summed E-state index contributed by atoms with van der Waals surface area (Å²) in [4.78, 5) is 0. The third-order valence-electron chi connectivity index (χ3n) is 21.6. The second-order valence-electron chi connectivity index (χ2n) is 27.0. The summed E-state index contributed by atoms with van der Waals surface area (Å²) in [7, 11) is 0. The summed E-state index contributed by atoms with van der Waals surface area (Å²) in [6.45, 7) is 0. The Morgan fingerprint density at radius 2 is 0.549 bits per heavy atom. The van der Waals surface area contributed by atoms with E-state index in [1.54, 1.807) is 0 Å². The van der Waals surface area contributed by atoms with Crippen molar-refractivity contribution < 1.29 is 8.83 Å². The number of nitrogens with zero attached hydrogens (tertiary/aromatic N) is 4. The first kappa shape index (κ1) is 56.3. The van der Waals surface area contributed by atoms with Crippen molar-refractivity contribution >= 4 is 131 Å². The van der Waals surface area contributed by atoms with Gasteiger partial charge in [-0.25, -0.2) is 0 Å². The number of para-hydroxylation sites is 5. The first-order chi connectivity index (χ1) is 50.6. The van der Waals surface area contributed by atoms with Gasteiger partial charge in [0.05, 0.1) is 44.1 Å². The van der Waals surface area contributed by atoms with Crippen molar-refractivity contribution in [2.24, 2.45) is 0 Å². The van der Waals surface area contributed by atoms with Crippen LogP contribution in [0.2, 0.25) is 0 Å². The molecule has 0 fully saturated rings. The molecule has 0 N–H and O–H groups in total. The molecular weight excluding hydrogens is 1240 g/mol. The Morgan fingerprint density at radius 1 is 0.176 bits per heavy atom. The lowest BCUT2D eigenvalue weighted by Crippen LogP contribution is -1.96. The first-order valence-electron chi connectivity index (χ1n) is 35.0. The number of rotatable bonds is 9. The second-order valence-corrected chi connectivity index (χ2v) is 27.0. The minimum atomic E-state index is 0.863. The van der Waals surface area contributed by atoms with E-state index in [-0.39, 0.29) is 0 Å². The third-order valence-corrected chi connectivity index (χ3v) is 21.6. The van der Waals surface area contributed by atoms with Crippen LogP contribution in [-0.2, 0) is 0 Å². The molecule has 102 heavy (non-hydrogen) atoms. The van der Waals surface area contributed by atoms with Crippen molar-refractivity contribution in [1.82, 2.24) is 18.3 Å². The van der Waals surface area contributed by atoms with Crippen LogP contribution in [0.1, 0.15) is 0 Å². The van der Waals surface area contributed by atoms with Crippen LogP contribution in [-0.4, -0.2) is 18.3 Å². The van der Waals surface area contributed by atoms with Crippen molar-refractivity contribution in [3.05, 3.63) is 352 Å². The Morgan fingerprint density at radius 3 is 1.10 bits per heavy atom. The van der Waals surface area contributed by atoms with Crippen LogP contribution in [0.3, 0.4) is 0 Å². The van der Waals surface area contributed by atoms with Crippen LogP contribution in [0.4, 0.5) is 0 Å². The minimum Gasteiger partial charge on any atom is -0.454 e. The zero-order valence-corrected chi connectivity index (χ0v) is 55.1. The summed E-state index contributed by atoms with van der Waals surface area (Å²) in [6.07, 6.45) is 0. The Labute approximate surface area is 584 Å². The molecule has 0 aliphatic heterocycles. The van der Waals surface area contributed by atoms with Crippen LogP contribution in [0.15, 0.2) is 361 Å². The second kappa shape index (κ2) is 21.9. The quantitative estimate of drug-likeness (QED) is 0.145. The van der Waals surface area contributed by atoms with E-state index < -0.39 is 0 Å². The smallest absolute Gasteiger partial charge is 0.160 e. The molecule has 6 heterocycles. The molecule has 0 saturated heterocycles. The van der Waals surface area contributed by atoms with Gasteiger partial charge in [-0.15, -0.1) is 0 Å². The zero-order chi connectivity index (χ0) is 66.7. The molecule has 22 aromatic rings. The minimum absolute atomic E-state index is 0.863. The molecular formula is C96H58N4O2. The molecule has 474 valence electrons. The van der Waals surface area contributed by atoms with E-state index in [9.17, 15) is 0 Å². The molecule has 6 nitrogen and oxygen atoms in total. The number of hydrogen-bond acceptors (Lipinski definition) is 2. The van der Waals surface area contributed by atoms with E-state index in [0.29, 0.717) is 0 Å². The van der Waals surface area contributed by atoms with Gasteiger partial charge in [-0.3, -0.25) is 0 Å². The Hall–Kier alpha value is -13.7. The summed E-state index contributed by atoms with van der Waals surface area (Å²) >= 11 is 0. The summed E-state index contributed by atoms with van der Waals surface area (Å²) < 4.78 is 23.5. The lowest BCUT2D eigenvalue weighted by Gasteiger charge is -2.14. The summed E-state index contributed by atoms with van der Waals surface area (Å²) in [6, 6.07) is 129. The maximum atomic E-state index is 7.08. The van der Waals surface area contributed by atoms with Gasteiger partial charge in [0, 0.05) is 87.4 Å². The molecule has 0 unspecified atom stereocenters. The van der Waals surface area contributed by atoms with Gasteiger partial charge in [-0.1, -0.05) is 231 Å². The lowest BCUT2D eigenvalue weighted by atomic mass is 9.92. The fourth-order valence-electron chi connectivity index (χ4n) is 17.0. The molecule has 0 radical (unpaired) electrons. The number of fused-ring (bicyclic) bond motifs is 20. The fourth-order valence-corrected chi connectivity index (χ4v) is 17.0. The highest BCUT2D eigenvalue weighted by molar-refractivity contribution is 6.28. The van der Waals surface area contributed by atoms with Crippen LogP contribution in [0.25, 0.3) is 209 Å². The largest absolute Gasteiger partial charge is 0.454 e. The van der Waals surface area contributed by atoms with Crippen molar-refractivity contribution in [2.75, 3.05) is 0 Å². The number of furan rings is 2. The van der Waals surface area contributed by atoms with E-state index in [4.69, 9.17) is 8.83 Å². The molecule has 0 saturated carbocycles. The molecule has 0 bridgehead atoms. The Kier molecular flexibility index (Phi) is 12.1. The Balaban J connectivity index is 0.676. The molecule has 0 aliphatic rings. The van der Waals surface area contributed by atoms with E-state index in [1.165, 1.54) is 49.1 Å². The summed E-state index contributed by atoms with van der Waals surface area (Å²) in [5.41, 5.74) is 28.3. The van der Waals surface area contributed by atoms with Crippen LogP contribution >= 0.6 is 0 Å². The molecule has 0 atom stereocenters. The molecule has 22 rings (SSSR count). The van der Waals surface area contributed by atoms with E-state index >= 15 is 0 Å². The third kappa shape index (κ3) is 8.35.